The highest BCUT2D eigenvalue weighted by molar-refractivity contribution is 6.00. The van der Waals surface area contributed by atoms with Gasteiger partial charge in [-0.2, -0.15) is 0 Å². The van der Waals surface area contributed by atoms with Crippen molar-refractivity contribution < 1.29 is 9.53 Å². The van der Waals surface area contributed by atoms with Crippen molar-refractivity contribution in [1.29, 1.82) is 0 Å². The van der Waals surface area contributed by atoms with Crippen LogP contribution in [0.4, 0.5) is 11.4 Å². The molecule has 2 aromatic rings. The van der Waals surface area contributed by atoms with Crippen molar-refractivity contribution in [2.45, 2.75) is 32.4 Å². The predicted octanol–water partition coefficient (Wildman–Crippen LogP) is 2.87. The monoisotopic (exact) mass is 311 g/mol. The number of para-hydroxylation sites is 1. The average molecular weight is 311 g/mol. The number of hydrogen-bond donors (Lipinski definition) is 1. The fourth-order valence-electron chi connectivity index (χ4n) is 3.01. The van der Waals surface area contributed by atoms with Crippen molar-refractivity contribution in [3.63, 3.8) is 0 Å². The molecular weight excluding hydrogens is 290 g/mol. The summed E-state index contributed by atoms with van der Waals surface area (Å²) in [6.07, 6.45) is 2.57. The molecule has 1 N–H and O–H groups in total. The zero-order valence-corrected chi connectivity index (χ0v) is 13.6. The number of anilines is 2. The molecule has 0 aliphatic carbocycles. The van der Waals surface area contributed by atoms with Crippen molar-refractivity contribution in [1.82, 2.24) is 4.98 Å². The molecule has 0 bridgehead atoms. The Kier molecular flexibility index (Phi) is 4.19. The lowest BCUT2D eigenvalue weighted by atomic mass is 10.1. The molecule has 2 atom stereocenters. The molecule has 120 valence electrons. The van der Waals surface area contributed by atoms with Crippen molar-refractivity contribution in [2.75, 3.05) is 17.3 Å². The van der Waals surface area contributed by atoms with E-state index in [0.717, 1.165) is 17.8 Å². The normalized spacial score (nSPS) is 17.5. The van der Waals surface area contributed by atoms with Gasteiger partial charge in [-0.25, -0.2) is 4.98 Å². The molecule has 1 aromatic carbocycles. The maximum atomic E-state index is 12.9. The van der Waals surface area contributed by atoms with Crippen molar-refractivity contribution in [3.8, 4) is 5.88 Å². The zero-order valence-electron chi connectivity index (χ0n) is 13.6. The topological polar surface area (TPSA) is 54.5 Å². The number of fused-ring (bicyclic) bond motifs is 1. The Labute approximate surface area is 136 Å². The van der Waals surface area contributed by atoms with E-state index in [1.54, 1.807) is 19.4 Å². The lowest BCUT2D eigenvalue weighted by Gasteiger charge is -2.27. The first kappa shape index (κ1) is 15.3. The molecule has 0 radical (unpaired) electrons. The van der Waals surface area contributed by atoms with Crippen LogP contribution < -0.4 is 15.0 Å². The maximum Gasteiger partial charge on any atom is 0.249 e. The molecule has 5 nitrogen and oxygen atoms in total. The second-order valence-electron chi connectivity index (χ2n) is 5.85. The van der Waals surface area contributed by atoms with Gasteiger partial charge in [0.15, 0.2) is 0 Å². The Balaban J connectivity index is 1.74. The van der Waals surface area contributed by atoms with Crippen LogP contribution in [0.25, 0.3) is 0 Å². The highest BCUT2D eigenvalue weighted by atomic mass is 16.5. The van der Waals surface area contributed by atoms with E-state index < -0.39 is 0 Å². The molecule has 2 heterocycles. The summed E-state index contributed by atoms with van der Waals surface area (Å²) in [6, 6.07) is 11.6. The van der Waals surface area contributed by atoms with Crippen LogP contribution in [0.1, 0.15) is 19.4 Å². The van der Waals surface area contributed by atoms with Crippen LogP contribution in [0.3, 0.4) is 0 Å². The van der Waals surface area contributed by atoms with Crippen LogP contribution in [-0.2, 0) is 11.2 Å². The lowest BCUT2D eigenvalue weighted by Crippen LogP contribution is -2.44. The van der Waals surface area contributed by atoms with Crippen LogP contribution >= 0.6 is 0 Å². The van der Waals surface area contributed by atoms with Gasteiger partial charge in [0.2, 0.25) is 11.8 Å². The molecule has 3 rings (SSSR count). The summed E-state index contributed by atoms with van der Waals surface area (Å²) in [5, 5.41) is 3.21. The van der Waals surface area contributed by atoms with Crippen LogP contribution in [0.5, 0.6) is 5.88 Å². The Morgan fingerprint density at radius 2 is 2.13 bits per heavy atom. The molecule has 0 saturated heterocycles. The first-order valence-electron chi connectivity index (χ1n) is 7.77. The van der Waals surface area contributed by atoms with Gasteiger partial charge in [0.25, 0.3) is 0 Å². The van der Waals surface area contributed by atoms with Crippen LogP contribution in [0, 0.1) is 0 Å². The highest BCUT2D eigenvalue weighted by Gasteiger charge is 2.32. The van der Waals surface area contributed by atoms with E-state index in [1.165, 1.54) is 5.56 Å². The molecule has 1 aliphatic rings. The van der Waals surface area contributed by atoms with Crippen LogP contribution in [-0.4, -0.2) is 30.1 Å². The molecular formula is C18H21N3O2. The lowest BCUT2D eigenvalue weighted by molar-refractivity contribution is -0.119. The van der Waals surface area contributed by atoms with Gasteiger partial charge >= 0.3 is 0 Å². The minimum Gasteiger partial charge on any atom is -0.481 e. The van der Waals surface area contributed by atoms with Gasteiger partial charge in [0.05, 0.1) is 19.0 Å². The number of amides is 1. The third-order valence-electron chi connectivity index (χ3n) is 4.14. The fourth-order valence-corrected chi connectivity index (χ4v) is 3.01. The Morgan fingerprint density at radius 1 is 1.35 bits per heavy atom. The number of carbonyl (C=O) groups is 1. The number of ether oxygens (including phenoxy) is 1. The number of pyridine rings is 1. The van der Waals surface area contributed by atoms with Crippen LogP contribution in [0.2, 0.25) is 0 Å². The summed E-state index contributed by atoms with van der Waals surface area (Å²) in [5.74, 6) is 0.620. The summed E-state index contributed by atoms with van der Waals surface area (Å²) in [7, 11) is 1.58. The van der Waals surface area contributed by atoms with E-state index in [2.05, 4.69) is 23.3 Å². The van der Waals surface area contributed by atoms with E-state index in [0.29, 0.717) is 5.88 Å². The van der Waals surface area contributed by atoms with Gasteiger partial charge in [-0.1, -0.05) is 18.2 Å². The van der Waals surface area contributed by atoms with Gasteiger partial charge in [0.1, 0.15) is 6.04 Å². The summed E-state index contributed by atoms with van der Waals surface area (Å²) in [4.78, 5) is 18.9. The predicted molar refractivity (Wildman–Crippen MR) is 91.0 cm³/mol. The molecule has 0 fully saturated rings. The third-order valence-corrected chi connectivity index (χ3v) is 4.14. The summed E-state index contributed by atoms with van der Waals surface area (Å²) < 4.78 is 5.04. The summed E-state index contributed by atoms with van der Waals surface area (Å²) in [5.41, 5.74) is 3.05. The van der Waals surface area contributed by atoms with Gasteiger partial charge < -0.3 is 15.0 Å². The average Bonchev–Trinajstić information content (AvgIpc) is 2.90. The minimum atomic E-state index is -0.334. The highest BCUT2D eigenvalue weighted by Crippen LogP contribution is 2.32. The van der Waals surface area contributed by atoms with Gasteiger partial charge in [-0.05, 0) is 38.0 Å². The minimum absolute atomic E-state index is 0.0678. The molecule has 1 aliphatic heterocycles. The molecule has 5 heteroatoms. The van der Waals surface area contributed by atoms with Gasteiger partial charge in [-0.15, -0.1) is 0 Å². The molecule has 0 unspecified atom stereocenters. The smallest absolute Gasteiger partial charge is 0.249 e. The van der Waals surface area contributed by atoms with Gasteiger partial charge in [0, 0.05) is 17.8 Å². The number of carbonyl (C=O) groups excluding carboxylic acids is 1. The number of aromatic nitrogens is 1. The Bertz CT molecular complexity index is 700. The number of hydrogen-bond acceptors (Lipinski definition) is 4. The van der Waals surface area contributed by atoms with Crippen LogP contribution in [0.15, 0.2) is 42.6 Å². The zero-order chi connectivity index (χ0) is 16.4. The second-order valence-corrected chi connectivity index (χ2v) is 5.85. The quantitative estimate of drug-likeness (QED) is 0.943. The Morgan fingerprint density at radius 3 is 2.83 bits per heavy atom. The SMILES string of the molecule is COc1ccc(N[C@H](C)C(=O)N2c3ccccc3C[C@H]2C)cn1. The standard InChI is InChI=1S/C18H21N3O2/c1-12-10-14-6-4-5-7-16(14)21(12)18(22)13(2)20-15-8-9-17(23-3)19-11-15/h4-9,11-13,20H,10H2,1-3H3/t12-,13-/m1/s1. The van der Waals surface area contributed by atoms with Crippen molar-refractivity contribution in [3.05, 3.63) is 48.2 Å². The van der Waals surface area contributed by atoms with E-state index in [-0.39, 0.29) is 18.0 Å². The molecule has 0 saturated carbocycles. The third kappa shape index (κ3) is 2.99. The summed E-state index contributed by atoms with van der Waals surface area (Å²) >= 11 is 0. The van der Waals surface area contributed by atoms with Crippen molar-refractivity contribution in [2.24, 2.45) is 0 Å². The summed E-state index contributed by atoms with van der Waals surface area (Å²) in [6.45, 7) is 3.96. The Hall–Kier alpha value is -2.56. The number of nitrogens with zero attached hydrogens (tertiary/aromatic N) is 2. The number of rotatable bonds is 4. The molecule has 1 aromatic heterocycles. The largest absolute Gasteiger partial charge is 0.481 e. The molecule has 0 spiro atoms. The van der Waals surface area contributed by atoms with E-state index in [9.17, 15) is 4.79 Å². The number of nitrogens with one attached hydrogen (secondary N) is 1. The first-order valence-corrected chi connectivity index (χ1v) is 7.77. The second kappa shape index (κ2) is 6.28. The van der Waals surface area contributed by atoms with Gasteiger partial charge in [-0.3, -0.25) is 4.79 Å². The van der Waals surface area contributed by atoms with Crippen molar-refractivity contribution >= 4 is 17.3 Å². The van der Waals surface area contributed by atoms with E-state index in [1.807, 2.05) is 36.1 Å². The number of methoxy groups -OCH3 is 1. The number of benzene rings is 1. The molecule has 1 amide bonds. The maximum absolute atomic E-state index is 12.9. The van der Waals surface area contributed by atoms with E-state index >= 15 is 0 Å². The first-order chi connectivity index (χ1) is 11.1. The van der Waals surface area contributed by atoms with E-state index in [4.69, 9.17) is 4.74 Å². The molecule has 23 heavy (non-hydrogen) atoms. The fraction of sp³-hybridized carbons (Fsp3) is 0.333.